The van der Waals surface area contributed by atoms with Crippen molar-refractivity contribution in [2.45, 2.75) is 58.9 Å². The summed E-state index contributed by atoms with van der Waals surface area (Å²) >= 11 is 0. The van der Waals surface area contributed by atoms with Crippen LogP contribution < -0.4 is 5.73 Å². The van der Waals surface area contributed by atoms with Crippen molar-refractivity contribution < 1.29 is 4.79 Å². The first kappa shape index (κ1) is 13.5. The van der Waals surface area contributed by atoms with Gasteiger partial charge in [0.25, 0.3) is 0 Å². The van der Waals surface area contributed by atoms with E-state index >= 15 is 0 Å². The predicted molar refractivity (Wildman–Crippen MR) is 67.1 cm³/mol. The highest BCUT2D eigenvalue weighted by Gasteiger charge is 2.32. The first-order valence-corrected chi connectivity index (χ1v) is 6.57. The normalized spacial score (nSPS) is 27.9. The lowest BCUT2D eigenvalue weighted by Crippen LogP contribution is -2.50. The van der Waals surface area contributed by atoms with E-state index in [1.165, 1.54) is 6.42 Å². The van der Waals surface area contributed by atoms with Crippen molar-refractivity contribution in [1.82, 2.24) is 4.90 Å². The highest BCUT2D eigenvalue weighted by atomic mass is 16.2. The van der Waals surface area contributed by atoms with E-state index in [4.69, 9.17) is 5.73 Å². The fourth-order valence-corrected chi connectivity index (χ4v) is 2.46. The Morgan fingerprint density at radius 2 is 2.19 bits per heavy atom. The van der Waals surface area contributed by atoms with E-state index in [1.807, 2.05) is 4.90 Å². The predicted octanol–water partition coefficient (Wildman–Crippen LogP) is 2.15. The van der Waals surface area contributed by atoms with E-state index < -0.39 is 0 Å². The van der Waals surface area contributed by atoms with Gasteiger partial charge in [-0.3, -0.25) is 4.79 Å². The van der Waals surface area contributed by atoms with Gasteiger partial charge in [-0.1, -0.05) is 27.2 Å². The van der Waals surface area contributed by atoms with Crippen molar-refractivity contribution in [3.8, 4) is 0 Å². The monoisotopic (exact) mass is 226 g/mol. The average molecular weight is 226 g/mol. The molecule has 2 unspecified atom stereocenters. The van der Waals surface area contributed by atoms with Crippen LogP contribution in [0.3, 0.4) is 0 Å². The van der Waals surface area contributed by atoms with Gasteiger partial charge in [0, 0.05) is 13.1 Å². The second-order valence-electron chi connectivity index (χ2n) is 5.42. The lowest BCUT2D eigenvalue weighted by atomic mass is 9.79. The van der Waals surface area contributed by atoms with Gasteiger partial charge < -0.3 is 10.6 Å². The van der Waals surface area contributed by atoms with Gasteiger partial charge in [0.1, 0.15) is 0 Å². The number of nitrogens with zero attached hydrogens (tertiary/aromatic N) is 1. The number of nitrogens with two attached hydrogens (primary N) is 1. The summed E-state index contributed by atoms with van der Waals surface area (Å²) < 4.78 is 0. The summed E-state index contributed by atoms with van der Waals surface area (Å²) in [5.41, 5.74) is 6.20. The smallest absolute Gasteiger partial charge is 0.239 e. The van der Waals surface area contributed by atoms with Gasteiger partial charge in [0.2, 0.25) is 5.91 Å². The number of carbonyl (C=O) groups excluding carboxylic acids is 1. The Labute approximate surface area is 99.4 Å². The zero-order chi connectivity index (χ0) is 12.2. The molecule has 0 aromatic rings. The molecule has 94 valence electrons. The number of likely N-dealkylation sites (tertiary alicyclic amines) is 1. The quantitative estimate of drug-likeness (QED) is 0.798. The summed E-state index contributed by atoms with van der Waals surface area (Å²) in [5.74, 6) is 0.154. The molecule has 16 heavy (non-hydrogen) atoms. The molecule has 0 spiro atoms. The molecule has 3 heteroatoms. The van der Waals surface area contributed by atoms with E-state index in [0.717, 1.165) is 38.8 Å². The molecule has 0 bridgehead atoms. The molecule has 1 heterocycles. The van der Waals surface area contributed by atoms with Crippen LogP contribution in [0.25, 0.3) is 0 Å². The van der Waals surface area contributed by atoms with Crippen LogP contribution in [0, 0.1) is 5.41 Å². The Bertz CT molecular complexity index is 242. The molecule has 0 radical (unpaired) electrons. The van der Waals surface area contributed by atoms with Gasteiger partial charge in [-0.15, -0.1) is 0 Å². The molecule has 3 nitrogen and oxygen atoms in total. The summed E-state index contributed by atoms with van der Waals surface area (Å²) in [6.07, 6.45) is 5.27. The molecule has 0 aromatic heterocycles. The molecule has 1 amide bonds. The summed E-state index contributed by atoms with van der Waals surface area (Å²) in [4.78, 5) is 14.1. The second kappa shape index (κ2) is 5.67. The maximum atomic E-state index is 12.1. The molecule has 0 aliphatic carbocycles. The summed E-state index contributed by atoms with van der Waals surface area (Å²) in [7, 11) is 0. The zero-order valence-corrected chi connectivity index (χ0v) is 11.0. The van der Waals surface area contributed by atoms with E-state index in [9.17, 15) is 4.79 Å². The van der Waals surface area contributed by atoms with Crippen molar-refractivity contribution in [1.29, 1.82) is 0 Å². The maximum Gasteiger partial charge on any atom is 0.239 e. The number of hydrogen-bond donors (Lipinski definition) is 1. The molecular weight excluding hydrogens is 200 g/mol. The Balaban J connectivity index is 2.56. The molecule has 1 aliphatic heterocycles. The number of piperidine rings is 1. The van der Waals surface area contributed by atoms with Gasteiger partial charge in [-0.05, 0) is 31.1 Å². The molecule has 1 rings (SSSR count). The summed E-state index contributed by atoms with van der Waals surface area (Å²) in [6, 6.07) is -0.288. The highest BCUT2D eigenvalue weighted by Crippen LogP contribution is 2.32. The SMILES string of the molecule is CCCC(N)C(=O)N1CCCC(C)(CC)C1. The molecular formula is C13H26N2O. The van der Waals surface area contributed by atoms with Crippen molar-refractivity contribution >= 4 is 5.91 Å². The van der Waals surface area contributed by atoms with E-state index in [1.54, 1.807) is 0 Å². The van der Waals surface area contributed by atoms with Crippen LogP contribution in [-0.2, 0) is 4.79 Å². The maximum absolute atomic E-state index is 12.1. The van der Waals surface area contributed by atoms with E-state index in [-0.39, 0.29) is 11.9 Å². The number of amides is 1. The van der Waals surface area contributed by atoms with Crippen molar-refractivity contribution in [2.75, 3.05) is 13.1 Å². The minimum Gasteiger partial charge on any atom is -0.341 e. The highest BCUT2D eigenvalue weighted by molar-refractivity contribution is 5.81. The molecule has 1 saturated heterocycles. The van der Waals surface area contributed by atoms with Crippen LogP contribution in [0.1, 0.15) is 52.9 Å². The van der Waals surface area contributed by atoms with Crippen LogP contribution in [0.5, 0.6) is 0 Å². The lowest BCUT2D eigenvalue weighted by molar-refractivity contribution is -0.136. The zero-order valence-electron chi connectivity index (χ0n) is 11.0. The molecule has 0 saturated carbocycles. The van der Waals surface area contributed by atoms with Gasteiger partial charge in [0.05, 0.1) is 6.04 Å². The van der Waals surface area contributed by atoms with Crippen LogP contribution in [0.2, 0.25) is 0 Å². The second-order valence-corrected chi connectivity index (χ2v) is 5.42. The number of hydrogen-bond acceptors (Lipinski definition) is 2. The first-order chi connectivity index (χ1) is 7.52. The molecule has 1 fully saturated rings. The van der Waals surface area contributed by atoms with E-state index in [2.05, 4.69) is 20.8 Å². The Hall–Kier alpha value is -0.570. The molecule has 2 N–H and O–H groups in total. The summed E-state index contributed by atoms with van der Waals surface area (Å²) in [5, 5.41) is 0. The lowest BCUT2D eigenvalue weighted by Gasteiger charge is -2.41. The number of carbonyl (C=O) groups is 1. The van der Waals surface area contributed by atoms with E-state index in [0.29, 0.717) is 5.41 Å². The summed E-state index contributed by atoms with van der Waals surface area (Å²) in [6.45, 7) is 8.34. The Morgan fingerprint density at radius 3 is 2.75 bits per heavy atom. The van der Waals surface area contributed by atoms with Crippen LogP contribution >= 0.6 is 0 Å². The van der Waals surface area contributed by atoms with Crippen LogP contribution in [-0.4, -0.2) is 29.9 Å². The van der Waals surface area contributed by atoms with Gasteiger partial charge >= 0.3 is 0 Å². The van der Waals surface area contributed by atoms with Gasteiger partial charge in [0.15, 0.2) is 0 Å². The van der Waals surface area contributed by atoms with Crippen LogP contribution in [0.4, 0.5) is 0 Å². The third-order valence-corrected chi connectivity index (χ3v) is 3.86. The van der Waals surface area contributed by atoms with Gasteiger partial charge in [-0.2, -0.15) is 0 Å². The van der Waals surface area contributed by atoms with Crippen molar-refractivity contribution in [3.63, 3.8) is 0 Å². The fraction of sp³-hybridized carbons (Fsp3) is 0.923. The molecule has 0 aromatic carbocycles. The minimum absolute atomic E-state index is 0.154. The Kier molecular flexibility index (Phi) is 4.78. The largest absolute Gasteiger partial charge is 0.341 e. The first-order valence-electron chi connectivity index (χ1n) is 6.57. The third kappa shape index (κ3) is 3.21. The van der Waals surface area contributed by atoms with Gasteiger partial charge in [-0.25, -0.2) is 0 Å². The average Bonchev–Trinajstić information content (AvgIpc) is 2.28. The van der Waals surface area contributed by atoms with Crippen LogP contribution in [0.15, 0.2) is 0 Å². The standard InChI is InChI=1S/C13H26N2O/c1-4-7-11(14)12(16)15-9-6-8-13(3,5-2)10-15/h11H,4-10,14H2,1-3H3. The Morgan fingerprint density at radius 1 is 1.50 bits per heavy atom. The fourth-order valence-electron chi connectivity index (χ4n) is 2.46. The van der Waals surface area contributed by atoms with Crippen molar-refractivity contribution in [2.24, 2.45) is 11.1 Å². The minimum atomic E-state index is -0.288. The topological polar surface area (TPSA) is 46.3 Å². The molecule has 2 atom stereocenters. The number of rotatable bonds is 4. The molecule has 1 aliphatic rings. The third-order valence-electron chi connectivity index (χ3n) is 3.86. The van der Waals surface area contributed by atoms with Crippen molar-refractivity contribution in [3.05, 3.63) is 0 Å².